The molecule has 0 aromatic heterocycles. The second kappa shape index (κ2) is 8.04. The minimum atomic E-state index is -0.935. The molecule has 0 spiro atoms. The molecule has 0 aliphatic heterocycles. The summed E-state index contributed by atoms with van der Waals surface area (Å²) in [6.07, 6.45) is 1.77. The number of carbonyl (C=O) groups is 1. The maximum atomic E-state index is 10.8. The first-order valence-electron chi connectivity index (χ1n) is 5.37. The van der Waals surface area contributed by atoms with Gasteiger partial charge in [0.05, 0.1) is 7.11 Å². The molecule has 94 valence electrons. The van der Waals surface area contributed by atoms with E-state index in [9.17, 15) is 14.9 Å². The maximum absolute atomic E-state index is 10.8. The van der Waals surface area contributed by atoms with Gasteiger partial charge in [-0.15, -0.1) is 0 Å². The lowest BCUT2D eigenvalue weighted by Crippen LogP contribution is -2.31. The predicted molar refractivity (Wildman–Crippen MR) is 57.6 cm³/mol. The highest BCUT2D eigenvalue weighted by Crippen LogP contribution is 2.11. The summed E-state index contributed by atoms with van der Waals surface area (Å²) in [6.45, 7) is 1.42. The van der Waals surface area contributed by atoms with Crippen molar-refractivity contribution < 1.29 is 19.6 Å². The molecular weight excluding hydrogens is 214 g/mol. The molecule has 1 N–H and O–H groups in total. The van der Waals surface area contributed by atoms with Crippen molar-refractivity contribution in [2.75, 3.05) is 7.11 Å². The van der Waals surface area contributed by atoms with Crippen molar-refractivity contribution in [1.29, 1.82) is 0 Å². The first kappa shape index (κ1) is 14.8. The molecule has 2 unspecified atom stereocenters. The number of unbranched alkanes of at least 4 members (excludes halogenated alkanes) is 2. The average Bonchev–Trinajstić information content (AvgIpc) is 2.21. The molecule has 0 saturated heterocycles. The predicted octanol–water partition coefficient (Wildman–Crippen LogP) is 1.14. The number of hydrogen-bond acceptors (Lipinski definition) is 5. The summed E-state index contributed by atoms with van der Waals surface area (Å²) < 4.78 is 4.47. The van der Waals surface area contributed by atoms with Gasteiger partial charge < -0.3 is 9.84 Å². The van der Waals surface area contributed by atoms with Gasteiger partial charge in [-0.25, -0.2) is 0 Å². The Morgan fingerprint density at radius 3 is 2.50 bits per heavy atom. The molecule has 0 radical (unpaired) electrons. The SMILES string of the molecule is COC(=O)CCCCCC(C(C)O)[N+](=O)[O-]. The normalized spacial score (nSPS) is 14.2. The Labute approximate surface area is 94.7 Å². The van der Waals surface area contributed by atoms with Gasteiger partial charge in [0.15, 0.2) is 0 Å². The number of nitrogens with zero attached hydrogens (tertiary/aromatic N) is 1. The highest BCUT2D eigenvalue weighted by molar-refractivity contribution is 5.68. The first-order chi connectivity index (χ1) is 7.49. The lowest BCUT2D eigenvalue weighted by Gasteiger charge is -2.11. The van der Waals surface area contributed by atoms with E-state index in [-0.39, 0.29) is 5.97 Å². The van der Waals surface area contributed by atoms with E-state index in [1.165, 1.54) is 14.0 Å². The number of carbonyl (C=O) groups excluding carboxylic acids is 1. The number of nitro groups is 1. The van der Waals surface area contributed by atoms with Crippen LogP contribution in [0.4, 0.5) is 0 Å². The van der Waals surface area contributed by atoms with Crippen LogP contribution in [-0.2, 0) is 9.53 Å². The quantitative estimate of drug-likeness (QED) is 0.294. The third kappa shape index (κ3) is 6.34. The zero-order valence-corrected chi connectivity index (χ0v) is 9.72. The van der Waals surface area contributed by atoms with Crippen LogP contribution < -0.4 is 0 Å². The van der Waals surface area contributed by atoms with E-state index in [1.807, 2.05) is 0 Å². The maximum Gasteiger partial charge on any atom is 0.305 e. The van der Waals surface area contributed by atoms with Gasteiger partial charge in [-0.1, -0.05) is 6.42 Å². The number of methoxy groups -OCH3 is 1. The van der Waals surface area contributed by atoms with E-state index < -0.39 is 17.1 Å². The van der Waals surface area contributed by atoms with Gasteiger partial charge >= 0.3 is 5.97 Å². The smallest absolute Gasteiger partial charge is 0.305 e. The van der Waals surface area contributed by atoms with Gasteiger partial charge in [0.1, 0.15) is 6.10 Å². The molecule has 0 amide bonds. The van der Waals surface area contributed by atoms with Crippen molar-refractivity contribution in [1.82, 2.24) is 0 Å². The summed E-state index contributed by atoms with van der Waals surface area (Å²) in [5.41, 5.74) is 0. The van der Waals surface area contributed by atoms with Crippen LogP contribution >= 0.6 is 0 Å². The second-order valence-corrected chi connectivity index (χ2v) is 3.77. The molecule has 0 aromatic rings. The fraction of sp³-hybridized carbons (Fsp3) is 0.900. The highest BCUT2D eigenvalue weighted by Gasteiger charge is 2.25. The molecule has 0 saturated carbocycles. The molecule has 0 rings (SSSR count). The molecule has 16 heavy (non-hydrogen) atoms. The number of ether oxygens (including phenoxy) is 1. The van der Waals surface area contributed by atoms with Crippen molar-refractivity contribution in [3.05, 3.63) is 10.1 Å². The summed E-state index contributed by atoms with van der Waals surface area (Å²) in [7, 11) is 1.33. The van der Waals surface area contributed by atoms with Crippen molar-refractivity contribution in [3.8, 4) is 0 Å². The van der Waals surface area contributed by atoms with E-state index in [0.29, 0.717) is 25.7 Å². The monoisotopic (exact) mass is 233 g/mol. The highest BCUT2D eigenvalue weighted by atomic mass is 16.6. The summed E-state index contributed by atoms with van der Waals surface area (Å²) in [4.78, 5) is 20.8. The van der Waals surface area contributed by atoms with Crippen molar-refractivity contribution in [3.63, 3.8) is 0 Å². The average molecular weight is 233 g/mol. The van der Waals surface area contributed by atoms with Gasteiger partial charge in [-0.05, 0) is 19.8 Å². The van der Waals surface area contributed by atoms with Crippen LogP contribution in [0.15, 0.2) is 0 Å². The van der Waals surface area contributed by atoms with E-state index in [2.05, 4.69) is 4.74 Å². The van der Waals surface area contributed by atoms with Crippen LogP contribution in [0.3, 0.4) is 0 Å². The van der Waals surface area contributed by atoms with Crippen molar-refractivity contribution in [2.45, 2.75) is 51.2 Å². The van der Waals surface area contributed by atoms with Crippen molar-refractivity contribution >= 4 is 5.97 Å². The van der Waals surface area contributed by atoms with E-state index in [1.54, 1.807) is 0 Å². The van der Waals surface area contributed by atoms with E-state index >= 15 is 0 Å². The molecule has 6 heteroatoms. The Morgan fingerprint density at radius 2 is 2.06 bits per heavy atom. The summed E-state index contributed by atoms with van der Waals surface area (Å²) in [6, 6.07) is -0.905. The van der Waals surface area contributed by atoms with Gasteiger partial charge in [0.25, 0.3) is 0 Å². The molecule has 0 fully saturated rings. The third-order valence-electron chi connectivity index (χ3n) is 2.44. The summed E-state index contributed by atoms with van der Waals surface area (Å²) in [5, 5.41) is 19.7. The number of esters is 1. The number of hydrogen-bond donors (Lipinski definition) is 1. The van der Waals surface area contributed by atoms with Gasteiger partial charge in [0.2, 0.25) is 6.04 Å². The Balaban J connectivity index is 3.63. The molecule has 0 heterocycles. The summed E-state index contributed by atoms with van der Waals surface area (Å²) in [5.74, 6) is -0.263. The Morgan fingerprint density at radius 1 is 1.44 bits per heavy atom. The summed E-state index contributed by atoms with van der Waals surface area (Å²) >= 11 is 0. The molecule has 0 aromatic carbocycles. The van der Waals surface area contributed by atoms with Crippen LogP contribution in [0.25, 0.3) is 0 Å². The largest absolute Gasteiger partial charge is 0.469 e. The zero-order chi connectivity index (χ0) is 12.6. The third-order valence-corrected chi connectivity index (χ3v) is 2.44. The van der Waals surface area contributed by atoms with E-state index in [4.69, 9.17) is 5.11 Å². The molecule has 0 bridgehead atoms. The lowest BCUT2D eigenvalue weighted by atomic mass is 10.0. The minimum Gasteiger partial charge on any atom is -0.469 e. The molecular formula is C10H19NO5. The van der Waals surface area contributed by atoms with Crippen molar-refractivity contribution in [2.24, 2.45) is 0 Å². The van der Waals surface area contributed by atoms with Crippen LogP contribution in [0.5, 0.6) is 0 Å². The van der Waals surface area contributed by atoms with Gasteiger partial charge in [-0.2, -0.15) is 0 Å². The van der Waals surface area contributed by atoms with E-state index in [0.717, 1.165) is 6.42 Å². The lowest BCUT2D eigenvalue weighted by molar-refractivity contribution is -0.534. The standard InChI is InChI=1S/C10H19NO5/c1-8(12)9(11(14)15)6-4-3-5-7-10(13)16-2/h8-9,12H,3-7H2,1-2H3. The van der Waals surface area contributed by atoms with Crippen LogP contribution in [0, 0.1) is 10.1 Å². The molecule has 0 aliphatic carbocycles. The number of rotatable bonds is 8. The first-order valence-corrected chi connectivity index (χ1v) is 5.37. The van der Waals surface area contributed by atoms with Gasteiger partial charge in [-0.3, -0.25) is 14.9 Å². The van der Waals surface area contributed by atoms with Crippen LogP contribution in [-0.4, -0.2) is 35.3 Å². The number of aliphatic hydroxyl groups is 1. The topological polar surface area (TPSA) is 89.7 Å². The second-order valence-electron chi connectivity index (χ2n) is 3.77. The number of aliphatic hydroxyl groups excluding tert-OH is 1. The molecule has 0 aliphatic rings. The molecule has 6 nitrogen and oxygen atoms in total. The Hall–Kier alpha value is -1.17. The molecule has 2 atom stereocenters. The minimum absolute atomic E-state index is 0.263. The zero-order valence-electron chi connectivity index (χ0n) is 9.72. The fourth-order valence-corrected chi connectivity index (χ4v) is 1.42. The Kier molecular flexibility index (Phi) is 7.45. The Bertz CT molecular complexity index is 229. The van der Waals surface area contributed by atoms with Crippen LogP contribution in [0.1, 0.15) is 39.0 Å². The van der Waals surface area contributed by atoms with Gasteiger partial charge in [0, 0.05) is 17.8 Å². The van der Waals surface area contributed by atoms with Crippen LogP contribution in [0.2, 0.25) is 0 Å². The fourth-order valence-electron chi connectivity index (χ4n) is 1.42.